The molecule has 5 heteroatoms. The van der Waals surface area contributed by atoms with E-state index in [9.17, 15) is 9.90 Å². The average Bonchev–Trinajstić information content (AvgIpc) is 2.87. The Hall–Kier alpha value is -1.85. The molecule has 1 heterocycles. The van der Waals surface area contributed by atoms with E-state index < -0.39 is 5.60 Å². The number of hydrogen-bond acceptors (Lipinski definition) is 3. The number of aromatic amines is 1. The molecule has 0 radical (unpaired) electrons. The van der Waals surface area contributed by atoms with Crippen LogP contribution in [0.4, 0.5) is 0 Å². The molecule has 0 spiro atoms. The third-order valence-corrected chi connectivity index (χ3v) is 3.54. The summed E-state index contributed by atoms with van der Waals surface area (Å²) in [6.07, 6.45) is 2.63. The number of nitrogens with one attached hydrogen (secondary N) is 2. The van der Waals surface area contributed by atoms with E-state index in [1.165, 1.54) is 0 Å². The highest BCUT2D eigenvalue weighted by molar-refractivity contribution is 5.88. The molecule has 0 aliphatic rings. The number of aromatic nitrogens is 1. The van der Waals surface area contributed by atoms with Crippen LogP contribution < -0.4 is 5.32 Å². The molecule has 0 aliphatic heterocycles. The quantitative estimate of drug-likeness (QED) is 0.725. The molecule has 0 fully saturated rings. The summed E-state index contributed by atoms with van der Waals surface area (Å²) in [4.78, 5) is 15.2. The Balaban J connectivity index is 1.90. The van der Waals surface area contributed by atoms with Gasteiger partial charge in [0.1, 0.15) is 0 Å². The van der Waals surface area contributed by atoms with Gasteiger partial charge in [-0.05, 0) is 18.6 Å². The lowest BCUT2D eigenvalue weighted by Crippen LogP contribution is -2.41. The number of H-pyrrole nitrogens is 1. The Morgan fingerprint density at radius 3 is 2.95 bits per heavy atom. The molecule has 21 heavy (non-hydrogen) atoms. The highest BCUT2D eigenvalue weighted by Gasteiger charge is 2.21. The zero-order chi connectivity index (χ0) is 15.3. The molecule has 0 saturated carbocycles. The summed E-state index contributed by atoms with van der Waals surface area (Å²) in [7, 11) is 1.59. The van der Waals surface area contributed by atoms with Crippen LogP contribution in [0.5, 0.6) is 0 Å². The fourth-order valence-electron chi connectivity index (χ4n) is 2.21. The number of aliphatic hydroxyl groups is 1. The lowest BCUT2D eigenvalue weighted by Gasteiger charge is -2.23. The van der Waals surface area contributed by atoms with Gasteiger partial charge in [-0.15, -0.1) is 0 Å². The molecule has 114 valence electrons. The van der Waals surface area contributed by atoms with Crippen LogP contribution in [0.15, 0.2) is 30.5 Å². The highest BCUT2D eigenvalue weighted by atomic mass is 16.5. The van der Waals surface area contributed by atoms with Gasteiger partial charge >= 0.3 is 0 Å². The van der Waals surface area contributed by atoms with Gasteiger partial charge in [-0.3, -0.25) is 4.79 Å². The SMILES string of the molecule is COCCC(C)(O)CNC(=O)Cc1c[nH]c2ccccc12. The van der Waals surface area contributed by atoms with Crippen molar-refractivity contribution in [2.24, 2.45) is 0 Å². The summed E-state index contributed by atoms with van der Waals surface area (Å²) in [5, 5.41) is 13.9. The van der Waals surface area contributed by atoms with Crippen LogP contribution in [0.2, 0.25) is 0 Å². The van der Waals surface area contributed by atoms with Gasteiger partial charge in [0.15, 0.2) is 0 Å². The maximum absolute atomic E-state index is 12.0. The van der Waals surface area contributed by atoms with Crippen molar-refractivity contribution in [1.29, 1.82) is 0 Å². The molecule has 1 amide bonds. The van der Waals surface area contributed by atoms with E-state index in [1.807, 2.05) is 30.5 Å². The third-order valence-electron chi connectivity index (χ3n) is 3.54. The van der Waals surface area contributed by atoms with Crippen molar-refractivity contribution in [1.82, 2.24) is 10.3 Å². The van der Waals surface area contributed by atoms with Crippen LogP contribution in [0, 0.1) is 0 Å². The average molecular weight is 290 g/mol. The molecule has 0 bridgehead atoms. The number of carbonyl (C=O) groups is 1. The van der Waals surface area contributed by atoms with Gasteiger partial charge in [-0.1, -0.05) is 18.2 Å². The number of rotatable bonds is 7. The third kappa shape index (κ3) is 4.31. The first-order chi connectivity index (χ1) is 10.0. The van der Waals surface area contributed by atoms with Crippen LogP contribution >= 0.6 is 0 Å². The molecule has 1 aromatic carbocycles. The number of carbonyl (C=O) groups excluding carboxylic acids is 1. The molecule has 2 aromatic rings. The van der Waals surface area contributed by atoms with Gasteiger partial charge in [0, 0.05) is 43.8 Å². The monoisotopic (exact) mass is 290 g/mol. The summed E-state index contributed by atoms with van der Waals surface area (Å²) in [5.74, 6) is -0.0996. The second kappa shape index (κ2) is 6.74. The Kier molecular flexibility index (Phi) is 4.98. The molecule has 1 aromatic heterocycles. The van der Waals surface area contributed by atoms with Crippen LogP contribution in [0.25, 0.3) is 10.9 Å². The number of hydrogen-bond donors (Lipinski definition) is 3. The minimum absolute atomic E-state index is 0.0996. The van der Waals surface area contributed by atoms with Crippen molar-refractivity contribution in [3.8, 4) is 0 Å². The molecule has 1 unspecified atom stereocenters. The maximum atomic E-state index is 12.0. The van der Waals surface area contributed by atoms with Crippen LogP contribution in [0.1, 0.15) is 18.9 Å². The number of para-hydroxylation sites is 1. The summed E-state index contributed by atoms with van der Waals surface area (Å²) >= 11 is 0. The van der Waals surface area contributed by atoms with Gasteiger partial charge in [0.05, 0.1) is 12.0 Å². The standard InChI is InChI=1S/C16H22N2O3/c1-16(20,7-8-21-2)11-18-15(19)9-12-10-17-14-6-4-3-5-13(12)14/h3-6,10,17,20H,7-9,11H2,1-2H3,(H,18,19). The predicted molar refractivity (Wildman–Crippen MR) is 82.1 cm³/mol. The molecule has 5 nitrogen and oxygen atoms in total. The van der Waals surface area contributed by atoms with Gasteiger partial charge in [-0.2, -0.15) is 0 Å². The smallest absolute Gasteiger partial charge is 0.224 e. The second-order valence-corrected chi connectivity index (χ2v) is 5.55. The largest absolute Gasteiger partial charge is 0.388 e. The Labute approximate surface area is 124 Å². The van der Waals surface area contributed by atoms with Gasteiger partial charge in [-0.25, -0.2) is 0 Å². The normalized spacial score (nSPS) is 14.0. The summed E-state index contributed by atoms with van der Waals surface area (Å²) in [6, 6.07) is 7.87. The molecule has 0 saturated heterocycles. The zero-order valence-electron chi connectivity index (χ0n) is 12.5. The minimum Gasteiger partial charge on any atom is -0.388 e. The number of amides is 1. The van der Waals surface area contributed by atoms with Crippen molar-refractivity contribution in [2.75, 3.05) is 20.3 Å². The number of methoxy groups -OCH3 is 1. The number of ether oxygens (including phenoxy) is 1. The first-order valence-corrected chi connectivity index (χ1v) is 7.05. The summed E-state index contributed by atoms with van der Waals surface area (Å²) in [5.41, 5.74) is 1.03. The second-order valence-electron chi connectivity index (χ2n) is 5.55. The van der Waals surface area contributed by atoms with Crippen LogP contribution in [-0.2, 0) is 16.0 Å². The van der Waals surface area contributed by atoms with E-state index in [1.54, 1.807) is 14.0 Å². The van der Waals surface area contributed by atoms with Crippen molar-refractivity contribution >= 4 is 16.8 Å². The number of fused-ring (bicyclic) bond motifs is 1. The fraction of sp³-hybridized carbons (Fsp3) is 0.438. The van der Waals surface area contributed by atoms with Crippen LogP contribution in [0.3, 0.4) is 0 Å². The molecule has 1 atom stereocenters. The van der Waals surface area contributed by atoms with E-state index in [4.69, 9.17) is 4.74 Å². The lowest BCUT2D eigenvalue weighted by molar-refractivity contribution is -0.121. The van der Waals surface area contributed by atoms with Gasteiger partial charge in [0.2, 0.25) is 5.91 Å². The maximum Gasteiger partial charge on any atom is 0.224 e. The van der Waals surface area contributed by atoms with Crippen molar-refractivity contribution in [2.45, 2.75) is 25.4 Å². The molecule has 2 rings (SSSR count). The summed E-state index contributed by atoms with van der Waals surface area (Å²) in [6.45, 7) is 2.38. The lowest BCUT2D eigenvalue weighted by atomic mass is 10.0. The molecule has 3 N–H and O–H groups in total. The minimum atomic E-state index is -0.952. The van der Waals surface area contributed by atoms with E-state index in [-0.39, 0.29) is 12.5 Å². The predicted octanol–water partition coefficient (Wildman–Crippen LogP) is 1.61. The van der Waals surface area contributed by atoms with Crippen molar-refractivity contribution < 1.29 is 14.6 Å². The summed E-state index contributed by atoms with van der Waals surface area (Å²) < 4.78 is 4.94. The molecular weight excluding hydrogens is 268 g/mol. The molecular formula is C16H22N2O3. The highest BCUT2D eigenvalue weighted by Crippen LogP contribution is 2.18. The Morgan fingerprint density at radius 1 is 1.43 bits per heavy atom. The number of benzene rings is 1. The van der Waals surface area contributed by atoms with Crippen LogP contribution in [-0.4, -0.2) is 41.9 Å². The van der Waals surface area contributed by atoms with Gasteiger partial charge < -0.3 is 20.1 Å². The zero-order valence-corrected chi connectivity index (χ0v) is 12.5. The first-order valence-electron chi connectivity index (χ1n) is 7.05. The van der Waals surface area contributed by atoms with Crippen molar-refractivity contribution in [3.05, 3.63) is 36.0 Å². The van der Waals surface area contributed by atoms with E-state index in [0.717, 1.165) is 16.5 Å². The van der Waals surface area contributed by atoms with E-state index in [2.05, 4.69) is 10.3 Å². The van der Waals surface area contributed by atoms with Crippen molar-refractivity contribution in [3.63, 3.8) is 0 Å². The van der Waals surface area contributed by atoms with E-state index >= 15 is 0 Å². The Bertz CT molecular complexity index is 604. The Morgan fingerprint density at radius 2 is 2.19 bits per heavy atom. The molecule has 0 aliphatic carbocycles. The van der Waals surface area contributed by atoms with E-state index in [0.29, 0.717) is 19.4 Å². The fourth-order valence-corrected chi connectivity index (χ4v) is 2.21. The first kappa shape index (κ1) is 15.5. The van der Waals surface area contributed by atoms with Gasteiger partial charge in [0.25, 0.3) is 0 Å². The topological polar surface area (TPSA) is 74.3 Å².